The van der Waals surface area contributed by atoms with E-state index in [2.05, 4.69) is 9.44 Å². The maximum Gasteiger partial charge on any atom is 0.250 e. The molecule has 1 saturated carbocycles. The molecule has 2 rings (SSSR count). The van der Waals surface area contributed by atoms with Crippen LogP contribution in [0.4, 0.5) is 0 Å². The fraction of sp³-hybridized carbons (Fsp3) is 0.636. The molecule has 0 aliphatic heterocycles. The molecule has 6 nitrogen and oxygen atoms in total. The van der Waals surface area contributed by atoms with Gasteiger partial charge < -0.3 is 0 Å². The van der Waals surface area contributed by atoms with Gasteiger partial charge in [-0.2, -0.15) is 0 Å². The molecule has 0 atom stereocenters. The Kier molecular flexibility index (Phi) is 5.19. The van der Waals surface area contributed by atoms with Crippen LogP contribution < -0.4 is 9.44 Å². The highest BCUT2D eigenvalue weighted by molar-refractivity contribution is 7.91. The van der Waals surface area contributed by atoms with Crippen molar-refractivity contribution in [2.75, 3.05) is 12.3 Å². The molecule has 0 aromatic carbocycles. The first-order valence-corrected chi connectivity index (χ1v) is 10.4. The van der Waals surface area contributed by atoms with Gasteiger partial charge in [-0.3, -0.25) is 0 Å². The van der Waals surface area contributed by atoms with Gasteiger partial charge in [-0.15, -0.1) is 11.3 Å². The quantitative estimate of drug-likeness (QED) is 0.772. The molecule has 1 aromatic heterocycles. The first-order chi connectivity index (χ1) is 9.39. The number of hydrogen-bond donors (Lipinski definition) is 2. The highest BCUT2D eigenvalue weighted by Gasteiger charge is 2.22. The molecular weight excluding hydrogens is 320 g/mol. The smallest absolute Gasteiger partial charge is 0.212 e. The van der Waals surface area contributed by atoms with Crippen molar-refractivity contribution in [3.05, 3.63) is 17.5 Å². The zero-order valence-electron chi connectivity index (χ0n) is 10.9. The van der Waals surface area contributed by atoms with E-state index in [1.807, 2.05) is 0 Å². The van der Waals surface area contributed by atoms with E-state index in [1.54, 1.807) is 11.4 Å². The summed E-state index contributed by atoms with van der Waals surface area (Å²) in [5.41, 5.74) is 0. The summed E-state index contributed by atoms with van der Waals surface area (Å²) in [6, 6.07) is 3.13. The highest BCUT2D eigenvalue weighted by Crippen LogP contribution is 2.18. The first kappa shape index (κ1) is 15.9. The van der Waals surface area contributed by atoms with Crippen molar-refractivity contribution >= 4 is 31.4 Å². The number of sulfonamides is 2. The molecule has 1 aliphatic carbocycles. The Hall–Kier alpha value is -0.480. The topological polar surface area (TPSA) is 92.3 Å². The molecule has 20 heavy (non-hydrogen) atoms. The highest BCUT2D eigenvalue weighted by atomic mass is 32.2. The van der Waals surface area contributed by atoms with E-state index in [9.17, 15) is 16.8 Å². The summed E-state index contributed by atoms with van der Waals surface area (Å²) in [7, 11) is -7.02. The number of rotatable bonds is 7. The van der Waals surface area contributed by atoms with Crippen LogP contribution in [0.3, 0.4) is 0 Å². The van der Waals surface area contributed by atoms with Crippen molar-refractivity contribution in [1.82, 2.24) is 9.44 Å². The summed E-state index contributed by atoms with van der Waals surface area (Å²) in [5, 5.41) is 1.66. The van der Waals surface area contributed by atoms with Gasteiger partial charge in [-0.1, -0.05) is 18.9 Å². The van der Waals surface area contributed by atoms with Gasteiger partial charge in [-0.05, 0) is 24.3 Å². The molecule has 0 unspecified atom stereocenters. The zero-order valence-corrected chi connectivity index (χ0v) is 13.4. The molecule has 114 valence electrons. The van der Waals surface area contributed by atoms with Crippen molar-refractivity contribution in [3.8, 4) is 0 Å². The minimum atomic E-state index is -3.59. The Balaban J connectivity index is 1.83. The Morgan fingerprint density at radius 2 is 1.90 bits per heavy atom. The Labute approximate surface area is 123 Å². The summed E-state index contributed by atoms with van der Waals surface area (Å²) < 4.78 is 52.4. The minimum Gasteiger partial charge on any atom is -0.212 e. The lowest BCUT2D eigenvalue weighted by molar-refractivity contribution is 0.550. The second kappa shape index (κ2) is 6.52. The van der Waals surface area contributed by atoms with Crippen LogP contribution in [-0.4, -0.2) is 35.2 Å². The molecule has 0 amide bonds. The van der Waals surface area contributed by atoms with Crippen molar-refractivity contribution in [2.24, 2.45) is 0 Å². The van der Waals surface area contributed by atoms with Crippen LogP contribution in [-0.2, 0) is 20.0 Å². The summed E-state index contributed by atoms with van der Waals surface area (Å²) in [6.45, 7) is -0.123. The summed E-state index contributed by atoms with van der Waals surface area (Å²) in [4.78, 5) is 0. The SMILES string of the molecule is O=S(=O)(CCNS(=O)(=O)c1cccs1)NC1CCCC1. The second-order valence-corrected chi connectivity index (χ2v) is 9.56. The third-order valence-electron chi connectivity index (χ3n) is 3.12. The largest absolute Gasteiger partial charge is 0.250 e. The monoisotopic (exact) mass is 338 g/mol. The molecule has 1 aliphatic rings. The molecule has 1 heterocycles. The normalized spacial score (nSPS) is 17.6. The van der Waals surface area contributed by atoms with E-state index >= 15 is 0 Å². The van der Waals surface area contributed by atoms with E-state index < -0.39 is 20.0 Å². The Bertz CT molecular complexity index is 617. The average molecular weight is 338 g/mol. The molecule has 0 radical (unpaired) electrons. The zero-order chi connectivity index (χ0) is 14.6. The average Bonchev–Trinajstić information content (AvgIpc) is 2.98. The van der Waals surface area contributed by atoms with Crippen molar-refractivity contribution < 1.29 is 16.8 Å². The second-order valence-electron chi connectivity index (χ2n) is 4.75. The lowest BCUT2D eigenvalue weighted by Gasteiger charge is -2.12. The van der Waals surface area contributed by atoms with Crippen LogP contribution in [0.2, 0.25) is 0 Å². The maximum absolute atomic E-state index is 11.8. The predicted octanol–water partition coefficient (Wildman–Crippen LogP) is 0.888. The first-order valence-electron chi connectivity index (χ1n) is 6.42. The lowest BCUT2D eigenvalue weighted by Crippen LogP contribution is -2.38. The van der Waals surface area contributed by atoms with E-state index in [0.717, 1.165) is 37.0 Å². The standard InChI is InChI=1S/C11H18N2O4S3/c14-19(15,13-10-4-1-2-5-10)9-7-12-20(16,17)11-6-3-8-18-11/h3,6,8,10,12-13H,1-2,4-5,7,9H2. The number of thiophene rings is 1. The number of hydrogen-bond acceptors (Lipinski definition) is 5. The molecule has 0 spiro atoms. The van der Waals surface area contributed by atoms with Crippen molar-refractivity contribution in [3.63, 3.8) is 0 Å². The van der Waals surface area contributed by atoms with Gasteiger partial charge in [0.05, 0.1) is 5.75 Å². The minimum absolute atomic E-state index is 0.00824. The third-order valence-corrected chi connectivity index (χ3v) is 7.42. The van der Waals surface area contributed by atoms with Crippen molar-refractivity contribution in [2.45, 2.75) is 35.9 Å². The Morgan fingerprint density at radius 1 is 1.20 bits per heavy atom. The maximum atomic E-state index is 11.8. The molecule has 1 aromatic rings. The molecule has 2 N–H and O–H groups in total. The van der Waals surface area contributed by atoms with Crippen LogP contribution >= 0.6 is 11.3 Å². The van der Waals surface area contributed by atoms with Crippen molar-refractivity contribution in [1.29, 1.82) is 0 Å². The van der Waals surface area contributed by atoms with E-state index in [4.69, 9.17) is 0 Å². The molecule has 0 saturated heterocycles. The summed E-state index contributed by atoms with van der Waals surface area (Å²) in [5.74, 6) is -0.242. The van der Waals surface area contributed by atoms with Crippen LogP contribution in [0.1, 0.15) is 25.7 Å². The van der Waals surface area contributed by atoms with Crippen LogP contribution in [0.25, 0.3) is 0 Å². The summed E-state index contributed by atoms with van der Waals surface area (Å²) >= 11 is 1.10. The Morgan fingerprint density at radius 3 is 2.50 bits per heavy atom. The van der Waals surface area contributed by atoms with Crippen LogP contribution in [0.5, 0.6) is 0 Å². The van der Waals surface area contributed by atoms with Gasteiger partial charge in [0.1, 0.15) is 4.21 Å². The predicted molar refractivity (Wildman–Crippen MR) is 78.7 cm³/mol. The van der Waals surface area contributed by atoms with Gasteiger partial charge in [0.25, 0.3) is 0 Å². The number of nitrogens with one attached hydrogen (secondary N) is 2. The summed E-state index contributed by atoms with van der Waals surface area (Å²) in [6.07, 6.45) is 3.80. The van der Waals surface area contributed by atoms with E-state index in [-0.39, 0.29) is 22.5 Å². The fourth-order valence-corrected chi connectivity index (χ4v) is 5.59. The lowest BCUT2D eigenvalue weighted by atomic mass is 10.3. The van der Waals surface area contributed by atoms with E-state index in [1.165, 1.54) is 6.07 Å². The van der Waals surface area contributed by atoms with Gasteiger partial charge in [-0.25, -0.2) is 26.3 Å². The van der Waals surface area contributed by atoms with Gasteiger partial charge in [0, 0.05) is 12.6 Å². The molecule has 0 bridgehead atoms. The van der Waals surface area contributed by atoms with Crippen LogP contribution in [0, 0.1) is 0 Å². The van der Waals surface area contributed by atoms with Gasteiger partial charge in [0.15, 0.2) is 0 Å². The molecular formula is C11H18N2O4S3. The molecule has 1 fully saturated rings. The fourth-order valence-electron chi connectivity index (χ4n) is 2.15. The van der Waals surface area contributed by atoms with Gasteiger partial charge >= 0.3 is 0 Å². The molecule has 9 heteroatoms. The third kappa shape index (κ3) is 4.52. The van der Waals surface area contributed by atoms with Crippen LogP contribution in [0.15, 0.2) is 21.7 Å². The van der Waals surface area contributed by atoms with Gasteiger partial charge in [0.2, 0.25) is 20.0 Å². The van der Waals surface area contributed by atoms with E-state index in [0.29, 0.717) is 0 Å².